The molecule has 2 saturated heterocycles. The molecule has 10 heavy (non-hydrogen) atoms. The molecule has 1 N–H and O–H groups in total. The van der Waals surface area contributed by atoms with Crippen LogP contribution in [0.15, 0.2) is 0 Å². The lowest BCUT2D eigenvalue weighted by Crippen LogP contribution is -2.58. The van der Waals surface area contributed by atoms with Crippen LogP contribution in [0.5, 0.6) is 0 Å². The Balaban J connectivity index is 1.95. The van der Waals surface area contributed by atoms with Crippen molar-refractivity contribution in [3.05, 3.63) is 0 Å². The Labute approximate surface area is 60.9 Å². The molecule has 3 aliphatic rings. The van der Waals surface area contributed by atoms with Crippen LogP contribution in [0.3, 0.4) is 0 Å². The molecule has 1 aliphatic carbocycles. The third-order valence-corrected chi connectivity index (χ3v) is 3.66. The third kappa shape index (κ3) is 0.372. The number of nitrogens with one attached hydrogen (secondary N) is 1. The predicted octanol–water partition coefficient (Wildman–Crippen LogP) is 0.527. The molecule has 0 bridgehead atoms. The Bertz CT molecular complexity index is 188. The fourth-order valence-electron chi connectivity index (χ4n) is 2.79. The van der Waals surface area contributed by atoms with Crippen LogP contribution in [0.1, 0.15) is 19.8 Å². The zero-order valence-corrected chi connectivity index (χ0v) is 6.31. The van der Waals surface area contributed by atoms with Crippen molar-refractivity contribution in [3.63, 3.8) is 0 Å². The van der Waals surface area contributed by atoms with Crippen LogP contribution in [0.4, 0.5) is 0 Å². The lowest BCUT2D eigenvalue weighted by atomic mass is 9.58. The van der Waals surface area contributed by atoms with E-state index >= 15 is 0 Å². The van der Waals surface area contributed by atoms with Gasteiger partial charge in [0.2, 0.25) is 0 Å². The molecule has 2 aliphatic heterocycles. The highest BCUT2D eigenvalue weighted by Crippen LogP contribution is 2.67. The minimum absolute atomic E-state index is 0.359. The van der Waals surface area contributed by atoms with Gasteiger partial charge in [-0.1, -0.05) is 6.92 Å². The molecule has 56 valence electrons. The van der Waals surface area contributed by atoms with E-state index in [-0.39, 0.29) is 0 Å². The lowest BCUT2D eigenvalue weighted by Gasteiger charge is -2.46. The largest absolute Gasteiger partial charge is 0.365 e. The van der Waals surface area contributed by atoms with Gasteiger partial charge in [-0.05, 0) is 19.4 Å². The summed E-state index contributed by atoms with van der Waals surface area (Å²) in [4.78, 5) is 0. The summed E-state index contributed by atoms with van der Waals surface area (Å²) in [6.45, 7) is 4.68. The van der Waals surface area contributed by atoms with Gasteiger partial charge < -0.3 is 10.1 Å². The molecule has 0 radical (unpaired) electrons. The first-order valence-corrected chi connectivity index (χ1v) is 4.15. The minimum atomic E-state index is 0.359. The van der Waals surface area contributed by atoms with Gasteiger partial charge in [-0.25, -0.2) is 0 Å². The average molecular weight is 139 g/mol. The second-order valence-electron chi connectivity index (χ2n) is 4.19. The van der Waals surface area contributed by atoms with Gasteiger partial charge in [-0.3, -0.25) is 0 Å². The molecule has 1 saturated carbocycles. The predicted molar refractivity (Wildman–Crippen MR) is 37.8 cm³/mol. The summed E-state index contributed by atoms with van der Waals surface area (Å²) in [6, 6.07) is 0. The molecule has 3 atom stereocenters. The van der Waals surface area contributed by atoms with E-state index in [0.717, 1.165) is 6.54 Å². The zero-order chi connectivity index (χ0) is 6.82. The van der Waals surface area contributed by atoms with Crippen LogP contribution in [-0.2, 0) is 4.74 Å². The number of ether oxygens (including phenoxy) is 1. The van der Waals surface area contributed by atoms with Crippen LogP contribution in [-0.4, -0.2) is 24.8 Å². The van der Waals surface area contributed by atoms with Crippen molar-refractivity contribution >= 4 is 0 Å². The number of epoxide rings is 1. The Hall–Kier alpha value is -0.0800. The molecule has 1 spiro atoms. The Kier molecular flexibility index (Phi) is 0.710. The van der Waals surface area contributed by atoms with Crippen molar-refractivity contribution in [2.24, 2.45) is 5.41 Å². The molecule has 3 rings (SSSR count). The van der Waals surface area contributed by atoms with Crippen molar-refractivity contribution in [1.29, 1.82) is 0 Å². The first-order valence-electron chi connectivity index (χ1n) is 4.15. The molecule has 0 aromatic carbocycles. The first-order chi connectivity index (χ1) is 4.77. The van der Waals surface area contributed by atoms with E-state index in [1.807, 2.05) is 0 Å². The third-order valence-electron chi connectivity index (χ3n) is 3.66. The van der Waals surface area contributed by atoms with Crippen molar-refractivity contribution in [1.82, 2.24) is 5.32 Å². The molecular formula is C8H13NO. The molecule has 0 aromatic heterocycles. The highest BCUT2D eigenvalue weighted by atomic mass is 16.6. The maximum absolute atomic E-state index is 5.68. The Morgan fingerprint density at radius 2 is 2.50 bits per heavy atom. The summed E-state index contributed by atoms with van der Waals surface area (Å²) in [6.07, 6.45) is 3.19. The van der Waals surface area contributed by atoms with Gasteiger partial charge in [0.25, 0.3) is 0 Å². The van der Waals surface area contributed by atoms with E-state index in [4.69, 9.17) is 4.74 Å². The van der Waals surface area contributed by atoms with Crippen molar-refractivity contribution in [2.45, 2.75) is 31.5 Å². The standard InChI is InChI=1S/C8H13NO/c1-7-4-6-8(7,10-6)2-3-9-5-7/h6,9H,2-5H2,1H3. The zero-order valence-electron chi connectivity index (χ0n) is 6.31. The molecular weight excluding hydrogens is 126 g/mol. The van der Waals surface area contributed by atoms with E-state index in [2.05, 4.69) is 12.2 Å². The van der Waals surface area contributed by atoms with Crippen LogP contribution < -0.4 is 5.32 Å². The summed E-state index contributed by atoms with van der Waals surface area (Å²) in [5.41, 5.74) is 0.855. The Morgan fingerprint density at radius 3 is 3.00 bits per heavy atom. The molecule has 3 unspecified atom stereocenters. The molecule has 3 fully saturated rings. The summed E-state index contributed by atoms with van der Waals surface area (Å²) < 4.78 is 5.68. The fraction of sp³-hybridized carbons (Fsp3) is 1.00. The van der Waals surface area contributed by atoms with E-state index in [9.17, 15) is 0 Å². The number of piperidine rings is 1. The molecule has 2 heteroatoms. The number of rotatable bonds is 0. The van der Waals surface area contributed by atoms with Gasteiger partial charge in [0.1, 0.15) is 5.60 Å². The maximum atomic E-state index is 5.68. The van der Waals surface area contributed by atoms with Crippen LogP contribution in [0.2, 0.25) is 0 Å². The van der Waals surface area contributed by atoms with Gasteiger partial charge in [0.05, 0.1) is 6.10 Å². The van der Waals surface area contributed by atoms with Crippen molar-refractivity contribution in [2.75, 3.05) is 13.1 Å². The average Bonchev–Trinajstić information content (AvgIpc) is 2.42. The van der Waals surface area contributed by atoms with Gasteiger partial charge >= 0.3 is 0 Å². The Morgan fingerprint density at radius 1 is 1.60 bits per heavy atom. The number of hydrogen-bond donors (Lipinski definition) is 1. The number of hydrogen-bond acceptors (Lipinski definition) is 2. The highest BCUT2D eigenvalue weighted by Gasteiger charge is 2.76. The molecule has 2 nitrogen and oxygen atoms in total. The van der Waals surface area contributed by atoms with E-state index in [0.29, 0.717) is 17.1 Å². The minimum Gasteiger partial charge on any atom is -0.365 e. The summed E-state index contributed by atoms with van der Waals surface area (Å²) >= 11 is 0. The maximum Gasteiger partial charge on any atom is 0.103 e. The molecule has 0 amide bonds. The topological polar surface area (TPSA) is 24.6 Å². The smallest absolute Gasteiger partial charge is 0.103 e. The van der Waals surface area contributed by atoms with E-state index in [1.54, 1.807) is 0 Å². The normalized spacial score (nSPS) is 63.9. The van der Waals surface area contributed by atoms with E-state index in [1.165, 1.54) is 19.4 Å². The van der Waals surface area contributed by atoms with Crippen LogP contribution >= 0.6 is 0 Å². The SMILES string of the molecule is CC12CNCCC13OC3C2. The lowest BCUT2D eigenvalue weighted by molar-refractivity contribution is 0.0622. The second kappa shape index (κ2) is 1.28. The summed E-state index contributed by atoms with van der Waals surface area (Å²) in [5.74, 6) is 0. The monoisotopic (exact) mass is 139 g/mol. The van der Waals surface area contributed by atoms with Crippen LogP contribution in [0, 0.1) is 5.41 Å². The quantitative estimate of drug-likeness (QED) is 0.495. The van der Waals surface area contributed by atoms with Gasteiger partial charge in [0, 0.05) is 12.0 Å². The van der Waals surface area contributed by atoms with Crippen molar-refractivity contribution in [3.8, 4) is 0 Å². The van der Waals surface area contributed by atoms with Gasteiger partial charge in [-0.15, -0.1) is 0 Å². The molecule has 2 heterocycles. The van der Waals surface area contributed by atoms with Gasteiger partial charge in [-0.2, -0.15) is 0 Å². The summed E-state index contributed by atoms with van der Waals surface area (Å²) in [5, 5.41) is 3.43. The fourth-order valence-corrected chi connectivity index (χ4v) is 2.79. The summed E-state index contributed by atoms with van der Waals surface area (Å²) in [7, 11) is 0. The van der Waals surface area contributed by atoms with Crippen LogP contribution in [0.25, 0.3) is 0 Å². The first kappa shape index (κ1) is 5.56. The van der Waals surface area contributed by atoms with Gasteiger partial charge in [0.15, 0.2) is 0 Å². The highest BCUT2D eigenvalue weighted by molar-refractivity contribution is 5.25. The second-order valence-corrected chi connectivity index (χ2v) is 4.19. The van der Waals surface area contributed by atoms with E-state index < -0.39 is 0 Å². The molecule has 0 aromatic rings. The van der Waals surface area contributed by atoms with Crippen molar-refractivity contribution < 1.29 is 4.74 Å².